The van der Waals surface area contributed by atoms with E-state index in [0.29, 0.717) is 6.04 Å². The van der Waals surface area contributed by atoms with Gasteiger partial charge in [0.15, 0.2) is 0 Å². The molecule has 1 aliphatic heterocycles. The molecule has 1 N–H and O–H groups in total. The van der Waals surface area contributed by atoms with Crippen molar-refractivity contribution in [2.75, 3.05) is 10.1 Å². The molecule has 0 aliphatic carbocycles. The molecule has 1 fully saturated rings. The van der Waals surface area contributed by atoms with Crippen LogP contribution in [0.2, 0.25) is 4.34 Å². The van der Waals surface area contributed by atoms with Crippen LogP contribution in [0.1, 0.15) is 68.4 Å². The zero-order chi connectivity index (χ0) is 19.1. The van der Waals surface area contributed by atoms with Crippen LogP contribution in [0.5, 0.6) is 0 Å². The topological polar surface area (TPSA) is 23.5 Å². The normalized spacial score (nSPS) is 18.2. The van der Waals surface area contributed by atoms with Gasteiger partial charge in [-0.1, -0.05) is 49.9 Å². The third-order valence-electron chi connectivity index (χ3n) is 5.22. The third-order valence-corrected chi connectivity index (χ3v) is 7.71. The number of benzene rings is 1. The van der Waals surface area contributed by atoms with E-state index in [9.17, 15) is 5.11 Å². The highest BCUT2D eigenvalue weighted by molar-refractivity contribution is 8.00. The average molecular weight is 424 g/mol. The molecule has 2 heterocycles. The monoisotopic (exact) mass is 423 g/mol. The highest BCUT2D eigenvalue weighted by atomic mass is 35.5. The lowest BCUT2D eigenvalue weighted by Gasteiger charge is -2.25. The van der Waals surface area contributed by atoms with Crippen LogP contribution in [-0.2, 0) is 6.42 Å². The van der Waals surface area contributed by atoms with Gasteiger partial charge in [0.25, 0.3) is 0 Å². The van der Waals surface area contributed by atoms with Crippen molar-refractivity contribution in [1.29, 1.82) is 0 Å². The van der Waals surface area contributed by atoms with Crippen molar-refractivity contribution in [1.82, 2.24) is 0 Å². The van der Waals surface area contributed by atoms with Gasteiger partial charge >= 0.3 is 0 Å². The van der Waals surface area contributed by atoms with E-state index in [2.05, 4.69) is 41.6 Å². The van der Waals surface area contributed by atoms with Crippen LogP contribution in [0.15, 0.2) is 36.4 Å². The van der Waals surface area contributed by atoms with Gasteiger partial charge in [-0.05, 0) is 73.9 Å². The Hall–Kier alpha value is -0.680. The van der Waals surface area contributed by atoms with Crippen molar-refractivity contribution in [3.63, 3.8) is 0 Å². The first-order valence-electron chi connectivity index (χ1n) is 10.1. The number of anilines is 1. The number of thiophene rings is 1. The largest absolute Gasteiger partial charge is 0.388 e. The van der Waals surface area contributed by atoms with E-state index in [1.807, 2.05) is 18.0 Å². The van der Waals surface area contributed by atoms with Gasteiger partial charge in [0.1, 0.15) is 0 Å². The zero-order valence-corrected chi connectivity index (χ0v) is 18.5. The van der Waals surface area contributed by atoms with Crippen LogP contribution in [0.3, 0.4) is 0 Å². The Balaban J connectivity index is 1.51. The van der Waals surface area contributed by atoms with Crippen LogP contribution in [0.25, 0.3) is 0 Å². The molecule has 0 saturated carbocycles. The maximum absolute atomic E-state index is 10.4. The fraction of sp³-hybridized carbons (Fsp3) is 0.545. The number of aliphatic hydroxyl groups excluding tert-OH is 1. The quantitative estimate of drug-likeness (QED) is 0.321. The van der Waals surface area contributed by atoms with E-state index in [4.69, 9.17) is 11.6 Å². The standard InChI is InChI=1S/C22H30ClNOS2/c1-2-3-4-8-21(25)17-9-11-19(12-10-17)24-18(15-16-26-24)6-5-7-20-13-14-22(23)27-20/h9-14,18,21,25H,2-8,15-16H2,1H3. The predicted octanol–water partition coefficient (Wildman–Crippen LogP) is 7.27. The number of nitrogens with zero attached hydrogens (tertiary/aromatic N) is 1. The lowest BCUT2D eigenvalue weighted by atomic mass is 10.0. The molecule has 2 aromatic rings. The molecule has 1 saturated heterocycles. The van der Waals surface area contributed by atoms with Crippen molar-refractivity contribution in [3.8, 4) is 0 Å². The van der Waals surface area contributed by atoms with Crippen LogP contribution in [0, 0.1) is 0 Å². The molecular formula is C22H30ClNOS2. The Morgan fingerprint density at radius 2 is 1.96 bits per heavy atom. The van der Waals surface area contributed by atoms with Crippen LogP contribution < -0.4 is 4.31 Å². The van der Waals surface area contributed by atoms with Crippen molar-refractivity contribution in [3.05, 3.63) is 51.2 Å². The Labute approximate surface area is 177 Å². The summed E-state index contributed by atoms with van der Waals surface area (Å²) < 4.78 is 3.37. The summed E-state index contributed by atoms with van der Waals surface area (Å²) in [6, 6.07) is 13.3. The molecule has 2 nitrogen and oxygen atoms in total. The first-order valence-corrected chi connectivity index (χ1v) is 12.3. The summed E-state index contributed by atoms with van der Waals surface area (Å²) in [5.74, 6) is 1.19. The summed E-state index contributed by atoms with van der Waals surface area (Å²) in [7, 11) is 0. The fourth-order valence-corrected chi connectivity index (χ4v) is 6.05. The van der Waals surface area contributed by atoms with Gasteiger partial charge in [0, 0.05) is 22.4 Å². The third kappa shape index (κ3) is 6.15. The number of halogens is 1. The zero-order valence-electron chi connectivity index (χ0n) is 16.1. The summed E-state index contributed by atoms with van der Waals surface area (Å²) in [5.41, 5.74) is 2.32. The van der Waals surface area contributed by atoms with Crippen molar-refractivity contribution < 1.29 is 5.11 Å². The number of hydrogen-bond acceptors (Lipinski definition) is 4. The second-order valence-electron chi connectivity index (χ2n) is 7.30. The van der Waals surface area contributed by atoms with Crippen molar-refractivity contribution >= 4 is 40.6 Å². The Bertz CT molecular complexity index is 688. The smallest absolute Gasteiger partial charge is 0.0931 e. The lowest BCUT2D eigenvalue weighted by molar-refractivity contribution is 0.163. The van der Waals surface area contributed by atoms with E-state index in [-0.39, 0.29) is 6.10 Å². The van der Waals surface area contributed by atoms with E-state index < -0.39 is 0 Å². The summed E-state index contributed by atoms with van der Waals surface area (Å²) in [5, 5.41) is 10.4. The molecule has 1 aliphatic rings. The van der Waals surface area contributed by atoms with Gasteiger partial charge < -0.3 is 9.41 Å². The second-order valence-corrected chi connectivity index (χ2v) is 10.2. The van der Waals surface area contributed by atoms with Crippen molar-refractivity contribution in [2.45, 2.75) is 70.4 Å². The minimum atomic E-state index is -0.328. The maximum atomic E-state index is 10.4. The van der Waals surface area contributed by atoms with E-state index in [0.717, 1.165) is 29.2 Å². The molecule has 27 heavy (non-hydrogen) atoms. The van der Waals surface area contributed by atoms with Crippen LogP contribution >= 0.6 is 34.9 Å². The maximum Gasteiger partial charge on any atom is 0.0931 e. The molecule has 0 bridgehead atoms. The summed E-state index contributed by atoms with van der Waals surface area (Å²) in [4.78, 5) is 1.39. The summed E-state index contributed by atoms with van der Waals surface area (Å²) in [6.07, 6.45) is 8.80. The average Bonchev–Trinajstić information content (AvgIpc) is 3.31. The first kappa shape index (κ1) is 21.0. The van der Waals surface area contributed by atoms with Crippen LogP contribution in [-0.4, -0.2) is 16.9 Å². The summed E-state index contributed by atoms with van der Waals surface area (Å²) >= 11 is 9.67. The molecule has 148 valence electrons. The van der Waals surface area contributed by atoms with Crippen molar-refractivity contribution in [2.24, 2.45) is 0 Å². The molecule has 3 rings (SSSR count). The van der Waals surface area contributed by atoms with E-state index in [1.54, 1.807) is 11.3 Å². The molecule has 2 unspecified atom stereocenters. The predicted molar refractivity (Wildman–Crippen MR) is 121 cm³/mol. The molecule has 0 spiro atoms. The number of unbranched alkanes of at least 4 members (excludes halogenated alkanes) is 2. The highest BCUT2D eigenvalue weighted by Gasteiger charge is 2.25. The fourth-order valence-electron chi connectivity index (χ4n) is 3.65. The minimum Gasteiger partial charge on any atom is -0.388 e. The Morgan fingerprint density at radius 3 is 2.67 bits per heavy atom. The number of aliphatic hydroxyl groups is 1. The van der Waals surface area contributed by atoms with Gasteiger partial charge in [-0.3, -0.25) is 0 Å². The molecule has 0 amide bonds. The SMILES string of the molecule is CCCCCC(O)c1ccc(N2SCCC2CCCc2ccc(Cl)s2)cc1. The second kappa shape index (κ2) is 10.8. The van der Waals surface area contributed by atoms with E-state index >= 15 is 0 Å². The number of rotatable bonds is 10. The molecule has 0 radical (unpaired) electrons. The van der Waals surface area contributed by atoms with Crippen LogP contribution in [0.4, 0.5) is 5.69 Å². The first-order chi connectivity index (χ1) is 13.2. The lowest BCUT2D eigenvalue weighted by Crippen LogP contribution is -2.23. The van der Waals surface area contributed by atoms with Gasteiger partial charge in [0.05, 0.1) is 10.4 Å². The molecule has 1 aromatic carbocycles. The summed E-state index contributed by atoms with van der Waals surface area (Å²) in [6.45, 7) is 2.20. The Kier molecular flexibility index (Phi) is 8.38. The van der Waals surface area contributed by atoms with E-state index in [1.165, 1.54) is 48.4 Å². The molecule has 2 atom stereocenters. The molecule has 5 heteroatoms. The number of hydrogen-bond donors (Lipinski definition) is 1. The minimum absolute atomic E-state index is 0.328. The highest BCUT2D eigenvalue weighted by Crippen LogP contribution is 2.36. The van der Waals surface area contributed by atoms with Gasteiger partial charge in [-0.25, -0.2) is 0 Å². The Morgan fingerprint density at radius 1 is 1.15 bits per heavy atom. The molecular weight excluding hydrogens is 394 g/mol. The van der Waals surface area contributed by atoms with Gasteiger partial charge in [-0.15, -0.1) is 11.3 Å². The molecule has 1 aromatic heterocycles. The van der Waals surface area contributed by atoms with Gasteiger partial charge in [0.2, 0.25) is 0 Å². The van der Waals surface area contributed by atoms with Gasteiger partial charge in [-0.2, -0.15) is 0 Å². The number of aryl methyl sites for hydroxylation is 1.